The molecule has 0 atom stereocenters. The van der Waals surface area contributed by atoms with Crippen LogP contribution in [0.5, 0.6) is 0 Å². The van der Waals surface area contributed by atoms with Gasteiger partial charge < -0.3 is 4.74 Å². The number of hydrogen-bond donors (Lipinski definition) is 0. The fourth-order valence-electron chi connectivity index (χ4n) is 1.88. The van der Waals surface area contributed by atoms with Crippen molar-refractivity contribution in [2.45, 2.75) is 65.6 Å². The van der Waals surface area contributed by atoms with Gasteiger partial charge >= 0.3 is 65.6 Å². The van der Waals surface area contributed by atoms with Crippen LogP contribution < -0.4 is 0 Å². The first-order valence-electron chi connectivity index (χ1n) is 7.52. The van der Waals surface area contributed by atoms with Gasteiger partial charge in [0.25, 0.3) is 6.47 Å². The molecule has 25 heteroatoms. The minimum Gasteiger partial charge on any atom is -0.398 e. The molecule has 0 saturated carbocycles. The van der Waals surface area contributed by atoms with Crippen LogP contribution in [0.4, 0.5) is 101 Å². The molecule has 0 saturated heterocycles. The number of alkyl halides is 23. The third-order valence-electron chi connectivity index (χ3n) is 4.07. The molecule has 0 aromatic carbocycles. The zero-order chi connectivity index (χ0) is 30.9. The summed E-state index contributed by atoms with van der Waals surface area (Å²) in [6.07, 6.45) is -15.5. The molecule has 0 bridgehead atoms. The highest BCUT2D eigenvalue weighted by Crippen LogP contribution is 2.67. The third kappa shape index (κ3) is 4.07. The topological polar surface area (TPSA) is 26.3 Å². The van der Waals surface area contributed by atoms with Crippen molar-refractivity contribution < 1.29 is 111 Å². The summed E-state index contributed by atoms with van der Waals surface area (Å²) >= 11 is 0. The van der Waals surface area contributed by atoms with Crippen molar-refractivity contribution in [2.75, 3.05) is 0 Å². The maximum absolute atomic E-state index is 13.4. The second-order valence-electron chi connectivity index (χ2n) is 6.40. The average Bonchev–Trinajstić information content (AvgIpc) is 2.65. The summed E-state index contributed by atoms with van der Waals surface area (Å²) in [5, 5.41) is 0. The molecular weight excluding hydrogens is 613 g/mol. The average molecular weight is 614 g/mol. The van der Waals surface area contributed by atoms with Crippen molar-refractivity contribution >= 4 is 6.47 Å². The van der Waals surface area contributed by atoms with Gasteiger partial charge in [-0.1, -0.05) is 0 Å². The Labute approximate surface area is 184 Å². The van der Waals surface area contributed by atoms with Crippen molar-refractivity contribution in [3.8, 4) is 0 Å². The molecule has 0 aliphatic rings. The lowest BCUT2D eigenvalue weighted by atomic mass is 9.86. The second-order valence-corrected chi connectivity index (χ2v) is 6.40. The molecule has 0 radical (unpaired) electrons. The quantitative estimate of drug-likeness (QED) is 0.185. The van der Waals surface area contributed by atoms with E-state index in [0.717, 1.165) is 0 Å². The smallest absolute Gasteiger partial charge is 0.398 e. The van der Waals surface area contributed by atoms with Gasteiger partial charge in [0, 0.05) is 0 Å². The second kappa shape index (κ2) is 8.43. The monoisotopic (exact) mass is 614 g/mol. The Balaban J connectivity index is 7.19. The van der Waals surface area contributed by atoms with Crippen LogP contribution in [0.2, 0.25) is 0 Å². The predicted octanol–water partition coefficient (Wildman–Crippen LogP) is 7.03. The Morgan fingerprint density at radius 1 is 0.324 bits per heavy atom. The summed E-state index contributed by atoms with van der Waals surface area (Å²) in [7, 11) is 0. The standard InChI is InChI=1S/C12HF23O2/c13-2(14,3(15,16)5(19,20)7(23,24)9(27,28)11(31,32)33)4(17,18)6(21,22)8(25,26)10(29,30)12(34,35)37-1-36/h1H. The molecule has 0 unspecified atom stereocenters. The minimum absolute atomic E-state index is 1.84. The highest BCUT2D eigenvalue weighted by atomic mass is 19.4. The van der Waals surface area contributed by atoms with E-state index in [9.17, 15) is 106 Å². The van der Waals surface area contributed by atoms with Gasteiger partial charge in [-0.3, -0.25) is 4.79 Å². The molecule has 222 valence electrons. The molecule has 0 rings (SSSR count). The first-order valence-corrected chi connectivity index (χ1v) is 7.52. The van der Waals surface area contributed by atoms with E-state index in [2.05, 4.69) is 0 Å². The molecule has 0 aromatic heterocycles. The van der Waals surface area contributed by atoms with Gasteiger partial charge in [0.2, 0.25) is 0 Å². The summed E-state index contributed by atoms with van der Waals surface area (Å²) in [6.45, 7) is -1.99. The Morgan fingerprint density at radius 2 is 0.514 bits per heavy atom. The minimum atomic E-state index is -9.46. The Morgan fingerprint density at radius 3 is 0.703 bits per heavy atom. The molecule has 0 aliphatic carbocycles. The largest absolute Gasteiger partial charge is 0.473 e. The van der Waals surface area contributed by atoms with Crippen molar-refractivity contribution in [1.29, 1.82) is 0 Å². The molecule has 0 fully saturated rings. The highest BCUT2D eigenvalue weighted by molar-refractivity contribution is 5.38. The number of halogens is 23. The van der Waals surface area contributed by atoms with Gasteiger partial charge in [-0.2, -0.15) is 101 Å². The number of carbonyl (C=O) groups is 1. The fraction of sp³-hybridized carbons (Fsp3) is 0.917. The van der Waals surface area contributed by atoms with Gasteiger partial charge in [0.1, 0.15) is 0 Å². The Hall–Kier alpha value is -2.14. The van der Waals surface area contributed by atoms with Crippen LogP contribution >= 0.6 is 0 Å². The van der Waals surface area contributed by atoms with Crippen LogP contribution in [-0.2, 0) is 9.53 Å². The molecule has 0 N–H and O–H groups in total. The lowest BCUT2D eigenvalue weighted by molar-refractivity contribution is -0.484. The molecule has 0 spiro atoms. The van der Waals surface area contributed by atoms with E-state index >= 15 is 0 Å². The van der Waals surface area contributed by atoms with E-state index in [1.165, 1.54) is 0 Å². The van der Waals surface area contributed by atoms with Gasteiger partial charge in [-0.25, -0.2) is 0 Å². The zero-order valence-electron chi connectivity index (χ0n) is 15.6. The summed E-state index contributed by atoms with van der Waals surface area (Å²) < 4.78 is 300. The van der Waals surface area contributed by atoms with Crippen molar-refractivity contribution in [1.82, 2.24) is 0 Å². The van der Waals surface area contributed by atoms with E-state index in [0.29, 0.717) is 0 Å². The first kappa shape index (κ1) is 34.9. The molecule has 0 amide bonds. The van der Waals surface area contributed by atoms with Gasteiger partial charge in [-0.15, -0.1) is 0 Å². The highest BCUT2D eigenvalue weighted by Gasteiger charge is 2.99. The number of rotatable bonds is 11. The molecule has 0 aliphatic heterocycles. The van der Waals surface area contributed by atoms with Crippen molar-refractivity contribution in [3.63, 3.8) is 0 Å². The number of carbonyl (C=O) groups excluding carboxylic acids is 1. The summed E-state index contributed by atoms with van der Waals surface area (Å²) in [5.74, 6) is -81.7. The van der Waals surface area contributed by atoms with E-state index in [1.807, 2.05) is 4.74 Å². The molecular formula is C12HF23O2. The van der Waals surface area contributed by atoms with E-state index < -0.39 is 72.1 Å². The normalized spacial score (nSPS) is 16.6. The van der Waals surface area contributed by atoms with Crippen LogP contribution in [0.15, 0.2) is 0 Å². The summed E-state index contributed by atoms with van der Waals surface area (Å²) in [6, 6.07) is 0. The molecule has 0 heterocycles. The maximum atomic E-state index is 13.4. The SMILES string of the molecule is O=COC(F)(F)C(F)(F)C(F)(F)C(F)(F)C(F)(F)C(F)(F)C(F)(F)C(F)(F)C(F)(F)C(F)(F)C(F)(F)F. The zero-order valence-corrected chi connectivity index (χ0v) is 15.6. The van der Waals surface area contributed by atoms with E-state index in [-0.39, 0.29) is 0 Å². The van der Waals surface area contributed by atoms with Crippen LogP contribution in [0, 0.1) is 0 Å². The van der Waals surface area contributed by atoms with E-state index in [1.54, 1.807) is 0 Å². The lowest BCUT2D eigenvalue weighted by Crippen LogP contribution is -2.77. The fourth-order valence-corrected chi connectivity index (χ4v) is 1.88. The van der Waals surface area contributed by atoms with Crippen LogP contribution in [-0.4, -0.2) is 72.1 Å². The molecule has 0 aromatic rings. The van der Waals surface area contributed by atoms with E-state index in [4.69, 9.17) is 0 Å². The van der Waals surface area contributed by atoms with Crippen LogP contribution in [0.1, 0.15) is 0 Å². The van der Waals surface area contributed by atoms with Crippen molar-refractivity contribution in [3.05, 3.63) is 0 Å². The van der Waals surface area contributed by atoms with Crippen LogP contribution in [0.3, 0.4) is 0 Å². The van der Waals surface area contributed by atoms with Crippen molar-refractivity contribution in [2.24, 2.45) is 0 Å². The third-order valence-corrected chi connectivity index (χ3v) is 4.07. The molecule has 37 heavy (non-hydrogen) atoms. The van der Waals surface area contributed by atoms with Gasteiger partial charge in [0.15, 0.2) is 0 Å². The Bertz CT molecular complexity index is 850. The Kier molecular flexibility index (Phi) is 7.94. The maximum Gasteiger partial charge on any atom is 0.473 e. The molecule has 2 nitrogen and oxygen atoms in total. The van der Waals surface area contributed by atoms with Gasteiger partial charge in [0.05, 0.1) is 0 Å². The first-order chi connectivity index (χ1) is 15.6. The number of ether oxygens (including phenoxy) is 1. The van der Waals surface area contributed by atoms with Gasteiger partial charge in [-0.05, 0) is 0 Å². The summed E-state index contributed by atoms with van der Waals surface area (Å²) in [5.41, 5.74) is 0. The lowest BCUT2D eigenvalue weighted by Gasteiger charge is -2.44. The number of hydrogen-bond acceptors (Lipinski definition) is 2. The predicted molar refractivity (Wildman–Crippen MR) is 62.7 cm³/mol. The summed E-state index contributed by atoms with van der Waals surface area (Å²) in [4.78, 5) is 9.56. The van der Waals surface area contributed by atoms with Crippen LogP contribution in [0.25, 0.3) is 0 Å².